The minimum atomic E-state index is -3.96. The Hall–Kier alpha value is -1.39. The normalized spacial score (nSPS) is 14.9. The molecule has 288 valence electrons. The summed E-state index contributed by atoms with van der Waals surface area (Å²) in [6, 6.07) is 8.39. The van der Waals surface area contributed by atoms with Crippen molar-refractivity contribution in [1.82, 2.24) is 0 Å². The van der Waals surface area contributed by atoms with Gasteiger partial charge in [0.15, 0.2) is 0 Å². The summed E-state index contributed by atoms with van der Waals surface area (Å²) in [6.07, 6.45) is 8.47. The smallest absolute Gasteiger partial charge is 0.346 e. The van der Waals surface area contributed by atoms with Gasteiger partial charge in [0, 0.05) is 0 Å². The Kier molecular flexibility index (Phi) is 18.0. The Morgan fingerprint density at radius 2 is 1.21 bits per heavy atom. The molecule has 2 aromatic rings. The molecule has 2 unspecified atom stereocenters. The molecule has 2 heterocycles. The molecule has 0 N–H and O–H groups in total. The van der Waals surface area contributed by atoms with Crippen LogP contribution in [0.4, 0.5) is 0 Å². The van der Waals surface area contributed by atoms with Crippen LogP contribution in [0.3, 0.4) is 0 Å². The summed E-state index contributed by atoms with van der Waals surface area (Å²) in [5.74, 6) is 1.54. The highest BCUT2D eigenvalue weighted by atomic mass is 32.2. The van der Waals surface area contributed by atoms with E-state index in [1.807, 2.05) is 0 Å². The van der Waals surface area contributed by atoms with Gasteiger partial charge in [-0.2, -0.15) is 0 Å². The number of benzene rings is 2. The van der Waals surface area contributed by atoms with E-state index in [2.05, 4.69) is 40.3 Å². The molecule has 0 fully saturated rings. The van der Waals surface area contributed by atoms with Gasteiger partial charge in [-0.15, -0.1) is 12.6 Å². The number of thioether (sulfide) groups is 4. The number of unbranched alkanes of at least 4 members (excludes halogenated alkanes) is 2. The monoisotopic (exact) mass is 828 g/mol. The fourth-order valence-corrected chi connectivity index (χ4v) is 13.2. The van der Waals surface area contributed by atoms with E-state index in [0.29, 0.717) is 45.0 Å². The van der Waals surface area contributed by atoms with Crippen molar-refractivity contribution in [3.63, 3.8) is 0 Å². The van der Waals surface area contributed by atoms with Gasteiger partial charge in [-0.05, 0) is 50.7 Å². The maximum Gasteiger partial charge on any atom is 0.346 e. The van der Waals surface area contributed by atoms with Crippen molar-refractivity contribution in [3.8, 4) is 11.5 Å². The number of thiol groups is 1. The zero-order valence-electron chi connectivity index (χ0n) is 31.0. The van der Waals surface area contributed by atoms with E-state index in [-0.39, 0.29) is 34.5 Å². The molecule has 0 saturated carbocycles. The van der Waals surface area contributed by atoms with Gasteiger partial charge in [0.2, 0.25) is 9.84 Å². The molecule has 2 aliphatic rings. The minimum Gasteiger partial charge on any atom is -0.491 e. The Morgan fingerprint density at radius 3 is 1.65 bits per heavy atom. The maximum atomic E-state index is 14.2. The Morgan fingerprint density at radius 1 is 0.712 bits per heavy atom. The number of sulfone groups is 1. The molecule has 0 amide bonds. The van der Waals surface area contributed by atoms with Crippen molar-refractivity contribution in [2.75, 3.05) is 33.0 Å². The fourth-order valence-electron chi connectivity index (χ4n) is 5.52. The van der Waals surface area contributed by atoms with E-state index in [4.69, 9.17) is 24.0 Å². The highest BCUT2D eigenvalue weighted by Gasteiger charge is 2.40. The summed E-state index contributed by atoms with van der Waals surface area (Å²) >= 11 is 10.2. The van der Waals surface area contributed by atoms with E-state index < -0.39 is 15.8 Å². The molecule has 4 rings (SSSR count). The summed E-state index contributed by atoms with van der Waals surface area (Å²) in [5.41, 5.74) is 0. The standard InChI is InChI=1S/C38H52O8S6/c1-7-13-18-25(9-3)22-43-29-32-33(49-37(48-32)28(24-46-45-12-6)52(40,41)27-20-16-15-17-21-27)30(44-23-26(10-4)19-14-8-2)35-34(29)50-38(51-35)31(47)36(39)42-11-5/h15-17,20-21,25-26,47H,7-14,18-19,22-24H2,1-6H3. The third kappa shape index (κ3) is 10.9. The number of hydrogen-bond donors (Lipinski definition) is 1. The van der Waals surface area contributed by atoms with E-state index in [9.17, 15) is 13.2 Å². The van der Waals surface area contributed by atoms with E-state index in [1.165, 1.54) is 47.0 Å². The number of esters is 1. The lowest BCUT2D eigenvalue weighted by Gasteiger charge is -2.22. The number of rotatable bonds is 22. The highest BCUT2D eigenvalue weighted by Crippen LogP contribution is 2.69. The van der Waals surface area contributed by atoms with Gasteiger partial charge >= 0.3 is 5.97 Å². The van der Waals surface area contributed by atoms with Crippen LogP contribution in [-0.4, -0.2) is 47.4 Å². The predicted molar refractivity (Wildman–Crippen MR) is 218 cm³/mol. The largest absolute Gasteiger partial charge is 0.491 e. The quantitative estimate of drug-likeness (QED) is 0.0306. The molecule has 14 heteroatoms. The summed E-state index contributed by atoms with van der Waals surface area (Å²) in [7, 11) is -3.96. The SMILES string of the molecule is CCCCC(CC)COc1c2c(c(OCC(CC)CCCC)c3c1SC(=C(COOCC)S(=O)(=O)c1ccccc1)S3)SC(=C(S)C(=O)OCC)S2. The average molecular weight is 829 g/mol. The third-order valence-corrected chi connectivity index (χ3v) is 16.8. The third-order valence-electron chi connectivity index (χ3n) is 8.69. The van der Waals surface area contributed by atoms with Crippen molar-refractivity contribution in [1.29, 1.82) is 0 Å². The molecule has 0 aliphatic carbocycles. The number of fused-ring (bicyclic) bond motifs is 2. The van der Waals surface area contributed by atoms with Gasteiger partial charge in [-0.25, -0.2) is 23.0 Å². The summed E-state index contributed by atoms with van der Waals surface area (Å²) < 4.78 is 48.6. The minimum absolute atomic E-state index is 0.111. The molecule has 2 aliphatic heterocycles. The predicted octanol–water partition coefficient (Wildman–Crippen LogP) is 11.5. The zero-order valence-corrected chi connectivity index (χ0v) is 36.0. The van der Waals surface area contributed by atoms with E-state index in [0.717, 1.165) is 70.9 Å². The number of carbonyl (C=O) groups excluding carboxylic acids is 1. The Labute approximate surface area is 333 Å². The molecule has 0 spiro atoms. The van der Waals surface area contributed by atoms with Crippen molar-refractivity contribution >= 4 is 75.5 Å². The summed E-state index contributed by atoms with van der Waals surface area (Å²) in [4.78, 5) is 27.3. The lowest BCUT2D eigenvalue weighted by atomic mass is 10.0. The number of ether oxygens (including phenoxy) is 3. The van der Waals surface area contributed by atoms with Crippen molar-refractivity contribution in [2.24, 2.45) is 11.8 Å². The molecule has 0 radical (unpaired) electrons. The Bertz CT molecular complexity index is 1610. The number of hydrogen-bond acceptors (Lipinski definition) is 13. The van der Waals surface area contributed by atoms with Crippen LogP contribution in [0.1, 0.15) is 92.9 Å². The topological polar surface area (TPSA) is 97.4 Å². The van der Waals surface area contributed by atoms with Crippen molar-refractivity contribution in [3.05, 3.63) is 48.6 Å². The van der Waals surface area contributed by atoms with Crippen LogP contribution >= 0.6 is 59.7 Å². The first-order valence-electron chi connectivity index (χ1n) is 18.2. The first-order chi connectivity index (χ1) is 25.1. The van der Waals surface area contributed by atoms with Crippen LogP contribution in [0.2, 0.25) is 0 Å². The fraction of sp³-hybridized carbons (Fsp3) is 0.553. The summed E-state index contributed by atoms with van der Waals surface area (Å²) in [6.45, 7) is 13.6. The summed E-state index contributed by atoms with van der Waals surface area (Å²) in [5, 5.41) is 0. The van der Waals surface area contributed by atoms with Crippen LogP contribution < -0.4 is 9.47 Å². The second-order valence-corrected chi connectivity index (χ2v) is 19.4. The maximum absolute atomic E-state index is 14.2. The van der Waals surface area contributed by atoms with Gasteiger partial charge in [-0.3, -0.25) is 0 Å². The Balaban J connectivity index is 1.92. The first-order valence-corrected chi connectivity index (χ1v) is 23.4. The average Bonchev–Trinajstić information content (AvgIpc) is 3.79. The van der Waals surface area contributed by atoms with Crippen LogP contribution in [-0.2, 0) is 29.1 Å². The molecular weight excluding hydrogens is 777 g/mol. The molecular formula is C38H52O8S6. The lowest BCUT2D eigenvalue weighted by molar-refractivity contribution is -0.283. The van der Waals surface area contributed by atoms with Gasteiger partial charge in [0.05, 0.1) is 64.3 Å². The molecule has 2 atom stereocenters. The lowest BCUT2D eigenvalue weighted by Crippen LogP contribution is -2.14. The first kappa shape index (κ1) is 43.3. The van der Waals surface area contributed by atoms with Crippen molar-refractivity contribution < 1.29 is 37.2 Å². The molecule has 2 aromatic carbocycles. The van der Waals surface area contributed by atoms with Crippen LogP contribution in [0, 0.1) is 11.8 Å². The van der Waals surface area contributed by atoms with Crippen molar-refractivity contribution in [2.45, 2.75) is 117 Å². The van der Waals surface area contributed by atoms with Gasteiger partial charge in [-0.1, -0.05) is 131 Å². The number of carbonyl (C=O) groups is 1. The van der Waals surface area contributed by atoms with Gasteiger partial charge in [0.1, 0.15) is 23.0 Å². The molecule has 52 heavy (non-hydrogen) atoms. The highest BCUT2D eigenvalue weighted by molar-refractivity contribution is 8.26. The molecule has 0 saturated heterocycles. The van der Waals surface area contributed by atoms with Crippen LogP contribution in [0.25, 0.3) is 0 Å². The zero-order chi connectivity index (χ0) is 37.7. The van der Waals surface area contributed by atoms with Crippen LogP contribution in [0.5, 0.6) is 11.5 Å². The molecule has 8 nitrogen and oxygen atoms in total. The second kappa shape index (κ2) is 21.6. The van der Waals surface area contributed by atoms with Gasteiger partial charge < -0.3 is 14.2 Å². The van der Waals surface area contributed by atoms with E-state index >= 15 is 0 Å². The van der Waals surface area contributed by atoms with Gasteiger partial charge in [0.25, 0.3) is 0 Å². The van der Waals surface area contributed by atoms with E-state index in [1.54, 1.807) is 44.2 Å². The van der Waals surface area contributed by atoms with Crippen LogP contribution in [0.15, 0.2) is 73.1 Å². The molecule has 0 bridgehead atoms. The second-order valence-electron chi connectivity index (χ2n) is 12.4. The molecule has 0 aromatic heterocycles.